The summed E-state index contributed by atoms with van der Waals surface area (Å²) >= 11 is 0. The summed E-state index contributed by atoms with van der Waals surface area (Å²) in [6, 6.07) is 0. The normalized spacial score (nSPS) is 9.86. The molecule has 0 aliphatic rings. The molecule has 0 aliphatic heterocycles. The van der Waals surface area contributed by atoms with Gasteiger partial charge in [-0.3, -0.25) is 4.79 Å². The molecule has 0 aliphatic carbocycles. The largest absolute Gasteiger partial charge is 0.379 e. The molecule has 0 atom stereocenters. The van der Waals surface area contributed by atoms with Crippen LogP contribution in [0.3, 0.4) is 0 Å². The van der Waals surface area contributed by atoms with Crippen LogP contribution in [-0.4, -0.2) is 91.7 Å². The molecule has 8 heteroatoms. The molecule has 0 unspecified atom stereocenters. The Hall–Kier alpha value is -0.770. The molecular weight excluding hydrogens is 378 g/mol. The minimum Gasteiger partial charge on any atom is -0.379 e. The molecule has 0 aromatic rings. The molecule has 0 saturated carbocycles. The molecule has 0 radical (unpaired) electrons. The van der Waals surface area contributed by atoms with Gasteiger partial charge in [-0.1, -0.05) is 34.6 Å². The Kier molecular flexibility index (Phi) is 39.4. The number of carbonyl (C=O) groups is 1. The average Bonchev–Trinajstić information content (AvgIpc) is 2.76. The molecule has 0 bridgehead atoms. The quantitative estimate of drug-likeness (QED) is 0.299. The zero-order valence-corrected chi connectivity index (χ0v) is 19.8. The number of amides is 1. The number of nitrogens with one attached hydrogen (secondary N) is 1. The molecule has 1 amide bonds. The summed E-state index contributed by atoms with van der Waals surface area (Å²) in [6.45, 7) is 18.5. The third-order valence-electron chi connectivity index (χ3n) is 2.84. The van der Waals surface area contributed by atoms with Gasteiger partial charge in [0.15, 0.2) is 0 Å². The van der Waals surface area contributed by atoms with Crippen LogP contribution in [0.25, 0.3) is 0 Å². The third kappa shape index (κ3) is 35.1. The Balaban J connectivity index is -0.000000633. The highest BCUT2D eigenvalue weighted by Gasteiger charge is 2.00. The Bertz CT molecular complexity index is 288. The van der Waals surface area contributed by atoms with Gasteiger partial charge in [0, 0.05) is 21.2 Å². The first kappa shape index (κ1) is 32.9. The molecule has 0 aromatic heterocycles. The summed E-state index contributed by atoms with van der Waals surface area (Å²) in [7, 11) is 0. The molecule has 0 aromatic carbocycles. The van der Waals surface area contributed by atoms with E-state index in [0.717, 1.165) is 13.0 Å². The average molecular weight is 428 g/mol. The van der Waals surface area contributed by atoms with E-state index in [1.54, 1.807) is 0 Å². The standard InChI is InChI=1S/C17H35NO7.2C2H6.H2/c1-3-6-21-10-11-23-12-13-24-14-15-25-16-17(19)18-5-7-22-9-8-20-4-2;2*1-2;/h3-16H2,1-2H3,(H,18,19);2*1-2H3;1H. The van der Waals surface area contributed by atoms with Gasteiger partial charge >= 0.3 is 0 Å². The van der Waals surface area contributed by atoms with Gasteiger partial charge in [-0.15, -0.1) is 0 Å². The highest BCUT2D eigenvalue weighted by molar-refractivity contribution is 5.77. The van der Waals surface area contributed by atoms with Crippen molar-refractivity contribution in [3.8, 4) is 0 Å². The lowest BCUT2D eigenvalue weighted by molar-refractivity contribution is -0.126. The van der Waals surface area contributed by atoms with E-state index < -0.39 is 0 Å². The van der Waals surface area contributed by atoms with Gasteiger partial charge in [0.05, 0.1) is 59.5 Å². The molecule has 0 rings (SSSR count). The van der Waals surface area contributed by atoms with Crippen molar-refractivity contribution in [2.24, 2.45) is 0 Å². The van der Waals surface area contributed by atoms with Crippen molar-refractivity contribution in [3.05, 3.63) is 0 Å². The molecular formula is C21H49NO7. The molecule has 8 nitrogen and oxygen atoms in total. The van der Waals surface area contributed by atoms with Crippen LogP contribution in [0.4, 0.5) is 0 Å². The van der Waals surface area contributed by atoms with Crippen LogP contribution in [0.1, 0.15) is 49.4 Å². The van der Waals surface area contributed by atoms with Gasteiger partial charge in [-0.2, -0.15) is 0 Å². The minimum atomic E-state index is -0.163. The van der Waals surface area contributed by atoms with Crippen LogP contribution in [0.2, 0.25) is 0 Å². The van der Waals surface area contributed by atoms with Crippen LogP contribution in [0.15, 0.2) is 0 Å². The molecule has 180 valence electrons. The van der Waals surface area contributed by atoms with Crippen LogP contribution >= 0.6 is 0 Å². The van der Waals surface area contributed by atoms with Crippen LogP contribution < -0.4 is 5.32 Å². The predicted octanol–water partition coefficient (Wildman–Crippen LogP) is 2.93. The Morgan fingerprint density at radius 2 is 1.03 bits per heavy atom. The fourth-order valence-electron chi connectivity index (χ4n) is 1.65. The molecule has 0 spiro atoms. The number of hydrogen-bond donors (Lipinski definition) is 1. The molecule has 0 saturated heterocycles. The van der Waals surface area contributed by atoms with Crippen molar-refractivity contribution in [2.45, 2.75) is 48.0 Å². The van der Waals surface area contributed by atoms with Gasteiger partial charge in [-0.25, -0.2) is 0 Å². The number of hydrogen-bond acceptors (Lipinski definition) is 7. The lowest BCUT2D eigenvalue weighted by atomic mass is 10.5. The number of carbonyl (C=O) groups excluding carboxylic acids is 1. The van der Waals surface area contributed by atoms with Crippen LogP contribution in [0.5, 0.6) is 0 Å². The summed E-state index contributed by atoms with van der Waals surface area (Å²) < 4.78 is 31.6. The van der Waals surface area contributed by atoms with E-state index in [9.17, 15) is 4.79 Å². The van der Waals surface area contributed by atoms with Gasteiger partial charge in [-0.05, 0) is 13.3 Å². The van der Waals surface area contributed by atoms with E-state index in [1.165, 1.54) is 0 Å². The highest BCUT2D eigenvalue weighted by atomic mass is 16.6. The molecule has 1 N–H and O–H groups in total. The molecule has 0 heterocycles. The first-order chi connectivity index (χ1) is 14.3. The monoisotopic (exact) mass is 427 g/mol. The maximum atomic E-state index is 11.5. The fourth-order valence-corrected chi connectivity index (χ4v) is 1.65. The lowest BCUT2D eigenvalue weighted by Gasteiger charge is -2.08. The second kappa shape index (κ2) is 34.7. The maximum Gasteiger partial charge on any atom is 0.246 e. The summed E-state index contributed by atoms with van der Waals surface area (Å²) in [5.41, 5.74) is 0. The van der Waals surface area contributed by atoms with E-state index in [2.05, 4.69) is 12.2 Å². The summed E-state index contributed by atoms with van der Waals surface area (Å²) in [6.07, 6.45) is 1.02. The van der Waals surface area contributed by atoms with Crippen molar-refractivity contribution < 1.29 is 34.6 Å². The van der Waals surface area contributed by atoms with Gasteiger partial charge in [0.2, 0.25) is 5.91 Å². The maximum absolute atomic E-state index is 11.5. The highest BCUT2D eigenvalue weighted by Crippen LogP contribution is 1.84. The Morgan fingerprint density at radius 1 is 0.621 bits per heavy atom. The van der Waals surface area contributed by atoms with Crippen molar-refractivity contribution in [2.75, 3.05) is 85.8 Å². The second-order valence-corrected chi connectivity index (χ2v) is 5.05. The van der Waals surface area contributed by atoms with E-state index in [4.69, 9.17) is 28.4 Å². The molecule has 0 fully saturated rings. The predicted molar refractivity (Wildman–Crippen MR) is 119 cm³/mol. The summed E-state index contributed by atoms with van der Waals surface area (Å²) in [5.74, 6) is -0.163. The fraction of sp³-hybridized carbons (Fsp3) is 0.952. The number of rotatable bonds is 20. The third-order valence-corrected chi connectivity index (χ3v) is 2.84. The zero-order valence-electron chi connectivity index (χ0n) is 19.8. The van der Waals surface area contributed by atoms with Gasteiger partial charge < -0.3 is 33.7 Å². The summed E-state index contributed by atoms with van der Waals surface area (Å²) in [5, 5.41) is 2.71. The smallest absolute Gasteiger partial charge is 0.246 e. The van der Waals surface area contributed by atoms with E-state index in [1.807, 2.05) is 34.6 Å². The molecule has 29 heavy (non-hydrogen) atoms. The van der Waals surface area contributed by atoms with Crippen molar-refractivity contribution in [1.82, 2.24) is 5.32 Å². The Labute approximate surface area is 180 Å². The van der Waals surface area contributed by atoms with E-state index >= 15 is 0 Å². The minimum absolute atomic E-state index is 0. The summed E-state index contributed by atoms with van der Waals surface area (Å²) in [4.78, 5) is 11.5. The van der Waals surface area contributed by atoms with Crippen molar-refractivity contribution in [1.29, 1.82) is 0 Å². The zero-order chi connectivity index (χ0) is 22.4. The SMILES string of the molecule is CC.CC.CCCOCCOCCOCCOCC(=O)NCCOCCOCC.[HH]. The van der Waals surface area contributed by atoms with Crippen molar-refractivity contribution in [3.63, 3.8) is 0 Å². The first-order valence-electron chi connectivity index (χ1n) is 11.0. The van der Waals surface area contributed by atoms with Gasteiger partial charge in [0.1, 0.15) is 6.61 Å². The van der Waals surface area contributed by atoms with Crippen molar-refractivity contribution >= 4 is 5.91 Å². The van der Waals surface area contributed by atoms with Crippen LogP contribution in [-0.2, 0) is 33.2 Å². The number of ether oxygens (including phenoxy) is 6. The first-order valence-corrected chi connectivity index (χ1v) is 11.0. The van der Waals surface area contributed by atoms with E-state index in [0.29, 0.717) is 72.6 Å². The van der Waals surface area contributed by atoms with Crippen LogP contribution in [0, 0.1) is 0 Å². The topological polar surface area (TPSA) is 84.5 Å². The lowest BCUT2D eigenvalue weighted by Crippen LogP contribution is -2.31. The second-order valence-electron chi connectivity index (χ2n) is 5.05. The van der Waals surface area contributed by atoms with E-state index in [-0.39, 0.29) is 13.9 Å². The Morgan fingerprint density at radius 3 is 1.52 bits per heavy atom. The van der Waals surface area contributed by atoms with Gasteiger partial charge in [0.25, 0.3) is 0 Å².